The number of carbonyl (C=O) groups is 1. The smallest absolute Gasteiger partial charge is 0.262 e. The molecular formula is C24H23N3O3. The standard InChI is InChI=1S/C24H23N3O3/c1-3-16(2)17-9-11-20(12-10-17)29-15-22(28)26-19-7-4-6-18(14-19)24-27-23-21(30-24)8-5-13-25-23/h4-14,16H,3,15H2,1-2H3,(H,26,28)/t16-/m0/s1. The maximum Gasteiger partial charge on any atom is 0.262 e. The number of anilines is 1. The molecule has 152 valence electrons. The molecule has 0 aliphatic carbocycles. The third kappa shape index (κ3) is 4.49. The second-order valence-electron chi connectivity index (χ2n) is 7.14. The summed E-state index contributed by atoms with van der Waals surface area (Å²) in [6, 6.07) is 18.8. The number of rotatable bonds is 7. The summed E-state index contributed by atoms with van der Waals surface area (Å²) >= 11 is 0. The molecule has 2 aromatic carbocycles. The minimum atomic E-state index is -0.239. The van der Waals surface area contributed by atoms with Crippen molar-refractivity contribution in [3.05, 3.63) is 72.4 Å². The van der Waals surface area contributed by atoms with Crippen LogP contribution in [0.1, 0.15) is 31.7 Å². The van der Waals surface area contributed by atoms with Gasteiger partial charge in [-0.25, -0.2) is 4.98 Å². The van der Waals surface area contributed by atoms with E-state index < -0.39 is 0 Å². The van der Waals surface area contributed by atoms with Gasteiger partial charge in [-0.2, -0.15) is 4.98 Å². The van der Waals surface area contributed by atoms with Crippen molar-refractivity contribution in [1.29, 1.82) is 0 Å². The van der Waals surface area contributed by atoms with Crippen LogP contribution >= 0.6 is 0 Å². The Labute approximate surface area is 174 Å². The summed E-state index contributed by atoms with van der Waals surface area (Å²) in [5.74, 6) is 1.39. The Bertz CT molecular complexity index is 1120. The second-order valence-corrected chi connectivity index (χ2v) is 7.14. The lowest BCUT2D eigenvalue weighted by Gasteiger charge is -2.11. The second kappa shape index (κ2) is 8.78. The van der Waals surface area contributed by atoms with Gasteiger partial charge in [-0.3, -0.25) is 4.79 Å². The van der Waals surface area contributed by atoms with Gasteiger partial charge in [0, 0.05) is 17.4 Å². The van der Waals surface area contributed by atoms with Crippen molar-refractivity contribution in [2.24, 2.45) is 0 Å². The summed E-state index contributed by atoms with van der Waals surface area (Å²) < 4.78 is 11.4. The van der Waals surface area contributed by atoms with Crippen LogP contribution in [-0.4, -0.2) is 22.5 Å². The van der Waals surface area contributed by atoms with Gasteiger partial charge in [0.1, 0.15) is 5.75 Å². The van der Waals surface area contributed by atoms with Crippen LogP contribution in [0.4, 0.5) is 5.69 Å². The fourth-order valence-corrected chi connectivity index (χ4v) is 3.10. The maximum atomic E-state index is 12.3. The minimum Gasteiger partial charge on any atom is -0.484 e. The Kier molecular flexibility index (Phi) is 5.75. The Hall–Kier alpha value is -3.67. The van der Waals surface area contributed by atoms with Gasteiger partial charge in [-0.15, -0.1) is 0 Å². The van der Waals surface area contributed by atoms with E-state index in [1.54, 1.807) is 12.3 Å². The molecule has 30 heavy (non-hydrogen) atoms. The van der Waals surface area contributed by atoms with Crippen LogP contribution in [0.15, 0.2) is 71.3 Å². The lowest BCUT2D eigenvalue weighted by atomic mass is 9.99. The van der Waals surface area contributed by atoms with E-state index in [2.05, 4.69) is 29.1 Å². The van der Waals surface area contributed by atoms with E-state index in [9.17, 15) is 4.79 Å². The first-order valence-electron chi connectivity index (χ1n) is 9.97. The van der Waals surface area contributed by atoms with Crippen LogP contribution < -0.4 is 10.1 Å². The third-order valence-corrected chi connectivity index (χ3v) is 4.99. The van der Waals surface area contributed by atoms with E-state index >= 15 is 0 Å². The number of benzene rings is 2. The number of oxazole rings is 1. The average molecular weight is 401 g/mol. The summed E-state index contributed by atoms with van der Waals surface area (Å²) in [6.45, 7) is 4.28. The van der Waals surface area contributed by atoms with Crippen molar-refractivity contribution >= 4 is 22.8 Å². The molecule has 6 heteroatoms. The SMILES string of the molecule is CC[C@H](C)c1ccc(OCC(=O)Nc2cccc(-c3nc4ncccc4o3)c2)cc1. The first-order chi connectivity index (χ1) is 14.6. The number of hydrogen-bond acceptors (Lipinski definition) is 5. The average Bonchev–Trinajstić information content (AvgIpc) is 3.22. The van der Waals surface area contributed by atoms with Gasteiger partial charge in [-0.1, -0.05) is 32.0 Å². The topological polar surface area (TPSA) is 77.2 Å². The van der Waals surface area contributed by atoms with Gasteiger partial charge < -0.3 is 14.5 Å². The van der Waals surface area contributed by atoms with E-state index in [1.807, 2.05) is 54.6 Å². The van der Waals surface area contributed by atoms with Crippen LogP contribution in [0.5, 0.6) is 5.75 Å². The number of aromatic nitrogens is 2. The van der Waals surface area contributed by atoms with Crippen molar-refractivity contribution < 1.29 is 13.9 Å². The summed E-state index contributed by atoms with van der Waals surface area (Å²) in [5, 5.41) is 2.85. The van der Waals surface area contributed by atoms with Crippen molar-refractivity contribution in [3.8, 4) is 17.2 Å². The highest BCUT2D eigenvalue weighted by Crippen LogP contribution is 2.25. The molecule has 6 nitrogen and oxygen atoms in total. The molecule has 2 heterocycles. The monoisotopic (exact) mass is 401 g/mol. The van der Waals surface area contributed by atoms with Crippen LogP contribution in [0.25, 0.3) is 22.7 Å². The highest BCUT2D eigenvalue weighted by atomic mass is 16.5. The highest BCUT2D eigenvalue weighted by Gasteiger charge is 2.11. The number of nitrogens with zero attached hydrogens (tertiary/aromatic N) is 2. The Morgan fingerprint density at radius 1 is 1.13 bits per heavy atom. The predicted molar refractivity (Wildman–Crippen MR) is 117 cm³/mol. The van der Waals surface area contributed by atoms with E-state index in [-0.39, 0.29) is 12.5 Å². The van der Waals surface area contributed by atoms with E-state index in [1.165, 1.54) is 5.56 Å². The molecule has 2 aromatic heterocycles. The minimum absolute atomic E-state index is 0.0697. The predicted octanol–water partition coefficient (Wildman–Crippen LogP) is 5.42. The number of nitrogens with one attached hydrogen (secondary N) is 1. The molecule has 0 aliphatic rings. The van der Waals surface area contributed by atoms with Gasteiger partial charge >= 0.3 is 0 Å². The zero-order valence-electron chi connectivity index (χ0n) is 17.0. The first kappa shape index (κ1) is 19.6. The highest BCUT2D eigenvalue weighted by molar-refractivity contribution is 5.92. The van der Waals surface area contributed by atoms with Gasteiger partial charge in [-0.05, 0) is 60.4 Å². The van der Waals surface area contributed by atoms with Crippen LogP contribution in [0.2, 0.25) is 0 Å². The number of hydrogen-bond donors (Lipinski definition) is 1. The van der Waals surface area contributed by atoms with Crippen molar-refractivity contribution in [2.45, 2.75) is 26.2 Å². The van der Waals surface area contributed by atoms with Gasteiger partial charge in [0.05, 0.1) is 0 Å². The molecule has 0 bridgehead atoms. The van der Waals surface area contributed by atoms with Crippen molar-refractivity contribution in [3.63, 3.8) is 0 Å². The van der Waals surface area contributed by atoms with Crippen molar-refractivity contribution in [2.75, 3.05) is 11.9 Å². The van der Waals surface area contributed by atoms with Gasteiger partial charge in [0.25, 0.3) is 5.91 Å². The number of ether oxygens (including phenoxy) is 1. The lowest BCUT2D eigenvalue weighted by Crippen LogP contribution is -2.20. The zero-order valence-corrected chi connectivity index (χ0v) is 17.0. The Morgan fingerprint density at radius 3 is 2.73 bits per heavy atom. The van der Waals surface area contributed by atoms with E-state index in [0.717, 1.165) is 12.0 Å². The summed E-state index contributed by atoms with van der Waals surface area (Å²) in [4.78, 5) is 20.9. The zero-order chi connectivity index (χ0) is 20.9. The molecule has 0 saturated carbocycles. The fraction of sp³-hybridized carbons (Fsp3) is 0.208. The van der Waals surface area contributed by atoms with Crippen LogP contribution in [0.3, 0.4) is 0 Å². The molecule has 0 fully saturated rings. The van der Waals surface area contributed by atoms with Gasteiger partial charge in [0.2, 0.25) is 5.89 Å². The molecule has 0 unspecified atom stereocenters. The molecule has 4 rings (SSSR count). The third-order valence-electron chi connectivity index (χ3n) is 4.99. The number of amides is 1. The molecule has 0 spiro atoms. The fourth-order valence-electron chi connectivity index (χ4n) is 3.10. The maximum absolute atomic E-state index is 12.3. The molecule has 0 aliphatic heterocycles. The first-order valence-corrected chi connectivity index (χ1v) is 9.97. The molecule has 1 N–H and O–H groups in total. The normalized spacial score (nSPS) is 11.9. The summed E-state index contributed by atoms with van der Waals surface area (Å²) in [6.07, 6.45) is 2.75. The number of carbonyl (C=O) groups excluding carboxylic acids is 1. The molecular weight excluding hydrogens is 378 g/mol. The Balaban J connectivity index is 1.38. The number of pyridine rings is 1. The van der Waals surface area contributed by atoms with Gasteiger partial charge in [0.15, 0.2) is 17.8 Å². The Morgan fingerprint density at radius 2 is 1.97 bits per heavy atom. The van der Waals surface area contributed by atoms with E-state index in [0.29, 0.717) is 34.5 Å². The molecule has 1 amide bonds. The van der Waals surface area contributed by atoms with Crippen molar-refractivity contribution in [1.82, 2.24) is 9.97 Å². The molecule has 1 atom stereocenters. The summed E-state index contributed by atoms with van der Waals surface area (Å²) in [5.41, 5.74) is 3.83. The molecule has 0 saturated heterocycles. The molecule has 0 radical (unpaired) electrons. The largest absolute Gasteiger partial charge is 0.484 e. The van der Waals surface area contributed by atoms with Crippen LogP contribution in [-0.2, 0) is 4.79 Å². The molecule has 4 aromatic rings. The van der Waals surface area contributed by atoms with E-state index in [4.69, 9.17) is 9.15 Å². The summed E-state index contributed by atoms with van der Waals surface area (Å²) in [7, 11) is 0. The quantitative estimate of drug-likeness (QED) is 0.447. The number of fused-ring (bicyclic) bond motifs is 1. The van der Waals surface area contributed by atoms with Crippen LogP contribution in [0, 0.1) is 0 Å². The lowest BCUT2D eigenvalue weighted by molar-refractivity contribution is -0.118.